The fraction of sp³-hybridized carbons (Fsp3) is 0.615. The van der Waals surface area contributed by atoms with Crippen LogP contribution >= 0.6 is 0 Å². The number of rotatable bonds is 8. The first-order valence-electron chi connectivity index (χ1n) is 12.2. The molecule has 0 bridgehead atoms. The number of anilines is 1. The van der Waals surface area contributed by atoms with E-state index >= 15 is 0 Å². The summed E-state index contributed by atoms with van der Waals surface area (Å²) in [5, 5.41) is 15.7. The molecule has 1 amide bonds. The van der Waals surface area contributed by atoms with Crippen molar-refractivity contribution >= 4 is 11.6 Å². The second-order valence-corrected chi connectivity index (χ2v) is 8.27. The second kappa shape index (κ2) is 15.2. The van der Waals surface area contributed by atoms with E-state index in [1.165, 1.54) is 51.1 Å². The lowest BCUT2D eigenvalue weighted by molar-refractivity contribution is -0.117. The van der Waals surface area contributed by atoms with Gasteiger partial charge in [0.2, 0.25) is 0 Å². The minimum absolute atomic E-state index is 0.0722. The standard InChI is InChI=1S/C26H39N3O3/c1-3-31-24-17-16-23(18-25(24)32-4-2)28-20-21(19-27)26(30)29-22-14-12-10-8-6-5-7-9-11-13-15-22/h16-18,20,22,28H,3-15H2,1-2H3,(H,29,30)/b21-20-. The van der Waals surface area contributed by atoms with Crippen molar-refractivity contribution in [1.82, 2.24) is 5.32 Å². The number of hydrogen-bond donors (Lipinski definition) is 2. The zero-order valence-electron chi connectivity index (χ0n) is 19.8. The molecule has 1 aromatic rings. The van der Waals surface area contributed by atoms with E-state index < -0.39 is 0 Å². The molecule has 6 nitrogen and oxygen atoms in total. The van der Waals surface area contributed by atoms with Crippen LogP contribution in [0, 0.1) is 11.3 Å². The van der Waals surface area contributed by atoms with Crippen LogP contribution < -0.4 is 20.1 Å². The van der Waals surface area contributed by atoms with Crippen LogP contribution in [0.4, 0.5) is 5.69 Å². The highest BCUT2D eigenvalue weighted by Gasteiger charge is 2.16. The van der Waals surface area contributed by atoms with E-state index in [9.17, 15) is 10.1 Å². The largest absolute Gasteiger partial charge is 0.490 e. The number of nitrogens with one attached hydrogen (secondary N) is 2. The third-order valence-electron chi connectivity index (χ3n) is 5.73. The highest BCUT2D eigenvalue weighted by atomic mass is 16.5. The molecule has 2 rings (SSSR count). The van der Waals surface area contributed by atoms with Crippen molar-refractivity contribution in [1.29, 1.82) is 5.26 Å². The van der Waals surface area contributed by atoms with Crippen molar-refractivity contribution in [3.8, 4) is 17.6 Å². The van der Waals surface area contributed by atoms with Crippen molar-refractivity contribution in [3.05, 3.63) is 30.0 Å². The third-order valence-corrected chi connectivity index (χ3v) is 5.73. The minimum atomic E-state index is -0.312. The van der Waals surface area contributed by atoms with Gasteiger partial charge in [0.25, 0.3) is 5.91 Å². The average molecular weight is 442 g/mol. The van der Waals surface area contributed by atoms with E-state index in [4.69, 9.17) is 9.47 Å². The number of ether oxygens (including phenoxy) is 2. The fourth-order valence-corrected chi connectivity index (χ4v) is 4.02. The molecule has 0 radical (unpaired) electrons. The first-order chi connectivity index (χ1) is 15.7. The predicted octanol–water partition coefficient (Wildman–Crippen LogP) is 6.09. The molecule has 0 unspecified atom stereocenters. The number of carbonyl (C=O) groups excluding carboxylic acids is 1. The molecule has 1 fully saturated rings. The van der Waals surface area contributed by atoms with Gasteiger partial charge >= 0.3 is 0 Å². The molecule has 1 aromatic carbocycles. The van der Waals surface area contributed by atoms with Gasteiger partial charge < -0.3 is 20.1 Å². The SMILES string of the molecule is CCOc1ccc(N/C=C(/C#N)C(=O)NC2CCCCCCCCCCC2)cc1OCC. The second-order valence-electron chi connectivity index (χ2n) is 8.27. The molecule has 0 atom stereocenters. The van der Waals surface area contributed by atoms with Gasteiger partial charge in [0.05, 0.1) is 13.2 Å². The summed E-state index contributed by atoms with van der Waals surface area (Å²) in [4.78, 5) is 12.8. The molecule has 1 aliphatic carbocycles. The molecule has 2 N–H and O–H groups in total. The number of benzene rings is 1. The zero-order chi connectivity index (χ0) is 23.0. The zero-order valence-corrected chi connectivity index (χ0v) is 19.8. The van der Waals surface area contributed by atoms with Crippen molar-refractivity contribution in [2.75, 3.05) is 18.5 Å². The van der Waals surface area contributed by atoms with Gasteiger partial charge in [0.15, 0.2) is 11.5 Å². The fourth-order valence-electron chi connectivity index (χ4n) is 4.02. The summed E-state index contributed by atoms with van der Waals surface area (Å²) >= 11 is 0. The average Bonchev–Trinajstić information content (AvgIpc) is 2.78. The van der Waals surface area contributed by atoms with Crippen molar-refractivity contribution in [3.63, 3.8) is 0 Å². The van der Waals surface area contributed by atoms with Crippen LogP contribution in [-0.4, -0.2) is 25.2 Å². The van der Waals surface area contributed by atoms with Gasteiger partial charge in [-0.05, 0) is 38.8 Å². The summed E-state index contributed by atoms with van der Waals surface area (Å²) in [6.07, 6.45) is 14.7. The van der Waals surface area contributed by atoms with Gasteiger partial charge in [0, 0.05) is 24.0 Å². The summed E-state index contributed by atoms with van der Waals surface area (Å²) in [5.41, 5.74) is 0.798. The molecule has 32 heavy (non-hydrogen) atoms. The predicted molar refractivity (Wildman–Crippen MR) is 129 cm³/mol. The Morgan fingerprint density at radius 3 is 2.09 bits per heavy atom. The first-order valence-corrected chi connectivity index (χ1v) is 12.2. The van der Waals surface area contributed by atoms with E-state index in [0.29, 0.717) is 24.7 Å². The van der Waals surface area contributed by atoms with Gasteiger partial charge in [-0.1, -0.05) is 57.8 Å². The van der Waals surface area contributed by atoms with E-state index in [-0.39, 0.29) is 17.5 Å². The van der Waals surface area contributed by atoms with Gasteiger partial charge in [-0.2, -0.15) is 5.26 Å². The first kappa shape index (κ1) is 25.6. The number of nitrogens with zero attached hydrogens (tertiary/aromatic N) is 1. The molecule has 1 aliphatic rings. The maximum atomic E-state index is 12.8. The van der Waals surface area contributed by atoms with Crippen LogP contribution in [-0.2, 0) is 4.79 Å². The Morgan fingerprint density at radius 2 is 1.53 bits per heavy atom. The molecule has 1 saturated carbocycles. The Hall–Kier alpha value is -2.68. The van der Waals surface area contributed by atoms with Gasteiger partial charge in [-0.15, -0.1) is 0 Å². The molecule has 0 aliphatic heterocycles. The highest BCUT2D eigenvalue weighted by molar-refractivity contribution is 5.97. The quantitative estimate of drug-likeness (QED) is 0.376. The highest BCUT2D eigenvalue weighted by Crippen LogP contribution is 2.30. The summed E-state index contributed by atoms with van der Waals surface area (Å²) in [7, 11) is 0. The summed E-state index contributed by atoms with van der Waals surface area (Å²) in [6, 6.07) is 7.63. The molecular weight excluding hydrogens is 402 g/mol. The van der Waals surface area contributed by atoms with E-state index in [0.717, 1.165) is 31.4 Å². The molecule has 176 valence electrons. The molecule has 0 saturated heterocycles. The Labute approximate surface area is 193 Å². The molecule has 0 aromatic heterocycles. The Kier molecular flexibility index (Phi) is 12.1. The van der Waals surface area contributed by atoms with Gasteiger partial charge in [-0.25, -0.2) is 0 Å². The lowest BCUT2D eigenvalue weighted by Crippen LogP contribution is -2.35. The summed E-state index contributed by atoms with van der Waals surface area (Å²) < 4.78 is 11.2. The van der Waals surface area contributed by atoms with E-state index in [2.05, 4.69) is 10.6 Å². The molecule has 0 heterocycles. The van der Waals surface area contributed by atoms with Crippen molar-refractivity contribution in [2.24, 2.45) is 0 Å². The lowest BCUT2D eigenvalue weighted by atomic mass is 9.98. The van der Waals surface area contributed by atoms with E-state index in [1.807, 2.05) is 38.1 Å². The normalized spacial score (nSPS) is 16.7. The number of hydrogen-bond acceptors (Lipinski definition) is 5. The van der Waals surface area contributed by atoms with Crippen LogP contribution in [0.5, 0.6) is 11.5 Å². The third kappa shape index (κ3) is 9.21. The maximum Gasteiger partial charge on any atom is 0.263 e. The van der Waals surface area contributed by atoms with Crippen LogP contribution in [0.1, 0.15) is 84.5 Å². The summed E-state index contributed by atoms with van der Waals surface area (Å²) in [5.74, 6) is 0.988. The number of nitriles is 1. The molecule has 6 heteroatoms. The van der Waals surface area contributed by atoms with Crippen molar-refractivity contribution < 1.29 is 14.3 Å². The molecule has 0 spiro atoms. The minimum Gasteiger partial charge on any atom is -0.490 e. The van der Waals surface area contributed by atoms with Crippen LogP contribution in [0.15, 0.2) is 30.0 Å². The van der Waals surface area contributed by atoms with Gasteiger partial charge in [0.1, 0.15) is 11.6 Å². The van der Waals surface area contributed by atoms with Crippen LogP contribution in [0.2, 0.25) is 0 Å². The number of carbonyl (C=O) groups is 1. The number of amides is 1. The summed E-state index contributed by atoms with van der Waals surface area (Å²) in [6.45, 7) is 4.90. The Bertz CT molecular complexity index is 758. The Morgan fingerprint density at radius 1 is 0.969 bits per heavy atom. The van der Waals surface area contributed by atoms with Gasteiger partial charge in [-0.3, -0.25) is 4.79 Å². The monoisotopic (exact) mass is 441 g/mol. The van der Waals surface area contributed by atoms with E-state index in [1.54, 1.807) is 0 Å². The topological polar surface area (TPSA) is 83.4 Å². The lowest BCUT2D eigenvalue weighted by Gasteiger charge is -2.19. The maximum absolute atomic E-state index is 12.8. The van der Waals surface area contributed by atoms with Crippen LogP contribution in [0.3, 0.4) is 0 Å². The molecular formula is C26H39N3O3. The van der Waals surface area contributed by atoms with Crippen molar-refractivity contribution in [2.45, 2.75) is 90.5 Å². The smallest absolute Gasteiger partial charge is 0.263 e. The Balaban J connectivity index is 1.99. The van der Waals surface area contributed by atoms with Crippen LogP contribution in [0.25, 0.3) is 0 Å².